The number of nitrogens with one attached hydrogen (secondary N) is 1. The molecule has 1 fully saturated rings. The highest BCUT2D eigenvalue weighted by molar-refractivity contribution is 5.20. The molecule has 1 aliphatic heterocycles. The molecule has 3 heteroatoms. The zero-order chi connectivity index (χ0) is 14.5. The van der Waals surface area contributed by atoms with Crippen molar-refractivity contribution in [1.29, 1.82) is 0 Å². The fourth-order valence-corrected chi connectivity index (χ4v) is 2.92. The lowest BCUT2D eigenvalue weighted by Crippen LogP contribution is -2.31. The molecule has 0 saturated carbocycles. The number of likely N-dealkylation sites (tertiary alicyclic amines) is 1. The lowest BCUT2D eigenvalue weighted by atomic mass is 10.1. The summed E-state index contributed by atoms with van der Waals surface area (Å²) in [6.07, 6.45) is 5.40. The number of aryl methyl sites for hydroxylation is 1. The third kappa shape index (κ3) is 4.35. The molecule has 0 radical (unpaired) electrons. The fourth-order valence-electron chi connectivity index (χ4n) is 2.92. The Morgan fingerprint density at radius 2 is 2.15 bits per heavy atom. The Kier molecular flexibility index (Phi) is 5.67. The summed E-state index contributed by atoms with van der Waals surface area (Å²) in [5, 5.41) is 3.46. The van der Waals surface area contributed by atoms with Crippen LogP contribution >= 0.6 is 0 Å². The van der Waals surface area contributed by atoms with Crippen molar-refractivity contribution < 1.29 is 4.42 Å². The zero-order valence-corrected chi connectivity index (χ0v) is 13.5. The Labute approximate surface area is 123 Å². The lowest BCUT2D eigenvalue weighted by Gasteiger charge is -2.25. The van der Waals surface area contributed by atoms with E-state index in [9.17, 15) is 0 Å². The molecule has 1 N–H and O–H groups in total. The molecule has 1 aliphatic rings. The molecule has 1 aromatic rings. The van der Waals surface area contributed by atoms with Crippen LogP contribution < -0.4 is 5.32 Å². The van der Waals surface area contributed by atoms with Crippen molar-refractivity contribution in [3.63, 3.8) is 0 Å². The number of rotatable bonds is 5. The van der Waals surface area contributed by atoms with Gasteiger partial charge >= 0.3 is 0 Å². The maximum atomic E-state index is 5.96. The molecule has 1 aromatic heterocycles. The van der Waals surface area contributed by atoms with Crippen molar-refractivity contribution >= 4 is 0 Å². The van der Waals surface area contributed by atoms with Gasteiger partial charge in [-0.3, -0.25) is 4.90 Å². The van der Waals surface area contributed by atoms with Crippen LogP contribution in [0.25, 0.3) is 0 Å². The van der Waals surface area contributed by atoms with E-state index in [0.717, 1.165) is 24.6 Å². The molecule has 1 atom stereocenters. The van der Waals surface area contributed by atoms with E-state index < -0.39 is 0 Å². The minimum atomic E-state index is 0.512. The van der Waals surface area contributed by atoms with Crippen LogP contribution in [-0.4, -0.2) is 23.5 Å². The van der Waals surface area contributed by atoms with Gasteiger partial charge in [-0.15, -0.1) is 0 Å². The first-order valence-electron chi connectivity index (χ1n) is 8.12. The molecular formula is C17H30N2O. The molecule has 2 rings (SSSR count). The predicted molar refractivity (Wildman–Crippen MR) is 83.8 cm³/mol. The first-order valence-corrected chi connectivity index (χ1v) is 8.12. The number of hydrogen-bond acceptors (Lipinski definition) is 3. The quantitative estimate of drug-likeness (QED) is 0.887. The SMILES string of the molecule is Cc1oc(CN2CCCCCC2C)cc1CNC(C)C. The van der Waals surface area contributed by atoms with E-state index in [1.165, 1.54) is 37.8 Å². The van der Waals surface area contributed by atoms with E-state index >= 15 is 0 Å². The Hall–Kier alpha value is -0.800. The average Bonchev–Trinajstić information content (AvgIpc) is 2.61. The van der Waals surface area contributed by atoms with Gasteiger partial charge in [0.15, 0.2) is 0 Å². The van der Waals surface area contributed by atoms with Gasteiger partial charge in [0.05, 0.1) is 6.54 Å². The van der Waals surface area contributed by atoms with E-state index in [1.807, 2.05) is 0 Å². The Morgan fingerprint density at radius 3 is 2.90 bits per heavy atom. The first-order chi connectivity index (χ1) is 9.56. The van der Waals surface area contributed by atoms with Crippen molar-refractivity contribution in [2.75, 3.05) is 6.54 Å². The third-order valence-corrected chi connectivity index (χ3v) is 4.32. The molecule has 0 amide bonds. The first kappa shape index (κ1) is 15.6. The van der Waals surface area contributed by atoms with Gasteiger partial charge in [-0.05, 0) is 39.3 Å². The zero-order valence-electron chi connectivity index (χ0n) is 13.5. The van der Waals surface area contributed by atoms with Gasteiger partial charge in [-0.1, -0.05) is 26.7 Å². The molecule has 2 heterocycles. The standard InChI is InChI=1S/C17H30N2O/c1-13(2)18-11-16-10-17(20-15(16)4)12-19-9-7-5-6-8-14(19)3/h10,13-14,18H,5-9,11-12H2,1-4H3. The van der Waals surface area contributed by atoms with Gasteiger partial charge in [-0.25, -0.2) is 0 Å². The molecule has 0 aliphatic carbocycles. The van der Waals surface area contributed by atoms with Gasteiger partial charge in [0.1, 0.15) is 11.5 Å². The second-order valence-electron chi connectivity index (χ2n) is 6.50. The minimum absolute atomic E-state index is 0.512. The van der Waals surface area contributed by atoms with E-state index in [4.69, 9.17) is 4.42 Å². The monoisotopic (exact) mass is 278 g/mol. The highest BCUT2D eigenvalue weighted by Crippen LogP contribution is 2.21. The van der Waals surface area contributed by atoms with Crippen LogP contribution in [0.2, 0.25) is 0 Å². The summed E-state index contributed by atoms with van der Waals surface area (Å²) in [6, 6.07) is 3.43. The average molecular weight is 278 g/mol. The van der Waals surface area contributed by atoms with E-state index in [1.54, 1.807) is 0 Å². The second kappa shape index (κ2) is 7.28. The van der Waals surface area contributed by atoms with E-state index in [0.29, 0.717) is 12.1 Å². The van der Waals surface area contributed by atoms with Gasteiger partial charge < -0.3 is 9.73 Å². The molecule has 1 saturated heterocycles. The van der Waals surface area contributed by atoms with Crippen molar-refractivity contribution in [2.45, 2.75) is 78.6 Å². The number of nitrogens with zero attached hydrogens (tertiary/aromatic N) is 1. The van der Waals surface area contributed by atoms with Crippen LogP contribution in [0.4, 0.5) is 0 Å². The summed E-state index contributed by atoms with van der Waals surface area (Å²) >= 11 is 0. The summed E-state index contributed by atoms with van der Waals surface area (Å²) in [6.45, 7) is 11.9. The normalized spacial score (nSPS) is 21.4. The van der Waals surface area contributed by atoms with Crippen LogP contribution in [-0.2, 0) is 13.1 Å². The van der Waals surface area contributed by atoms with Crippen LogP contribution in [0.5, 0.6) is 0 Å². The maximum absolute atomic E-state index is 5.96. The summed E-state index contributed by atoms with van der Waals surface area (Å²) in [4.78, 5) is 2.57. The van der Waals surface area contributed by atoms with Crippen LogP contribution in [0.3, 0.4) is 0 Å². The lowest BCUT2D eigenvalue weighted by molar-refractivity contribution is 0.188. The van der Waals surface area contributed by atoms with Gasteiger partial charge in [0.25, 0.3) is 0 Å². The van der Waals surface area contributed by atoms with Crippen LogP contribution in [0.1, 0.15) is 63.5 Å². The molecule has 3 nitrogen and oxygen atoms in total. The molecular weight excluding hydrogens is 248 g/mol. The van der Waals surface area contributed by atoms with Crippen molar-refractivity contribution in [2.24, 2.45) is 0 Å². The van der Waals surface area contributed by atoms with Gasteiger partial charge in [0.2, 0.25) is 0 Å². The highest BCUT2D eigenvalue weighted by Gasteiger charge is 2.19. The van der Waals surface area contributed by atoms with Crippen molar-refractivity contribution in [3.8, 4) is 0 Å². The summed E-state index contributed by atoms with van der Waals surface area (Å²) in [5.74, 6) is 2.19. The van der Waals surface area contributed by atoms with Gasteiger partial charge in [-0.2, -0.15) is 0 Å². The van der Waals surface area contributed by atoms with Gasteiger partial charge in [0, 0.05) is 24.2 Å². The molecule has 0 spiro atoms. The fraction of sp³-hybridized carbons (Fsp3) is 0.765. The second-order valence-corrected chi connectivity index (χ2v) is 6.50. The molecule has 0 aromatic carbocycles. The largest absolute Gasteiger partial charge is 0.465 e. The van der Waals surface area contributed by atoms with Crippen molar-refractivity contribution in [1.82, 2.24) is 10.2 Å². The van der Waals surface area contributed by atoms with E-state index in [2.05, 4.69) is 44.0 Å². The number of hydrogen-bond donors (Lipinski definition) is 1. The highest BCUT2D eigenvalue weighted by atomic mass is 16.3. The Balaban J connectivity index is 1.96. The predicted octanol–water partition coefficient (Wildman–Crippen LogP) is 3.85. The van der Waals surface area contributed by atoms with E-state index in [-0.39, 0.29) is 0 Å². The summed E-state index contributed by atoms with van der Waals surface area (Å²) < 4.78 is 5.96. The molecule has 114 valence electrons. The summed E-state index contributed by atoms with van der Waals surface area (Å²) in [5.41, 5.74) is 1.30. The Bertz CT molecular complexity index is 411. The molecule has 20 heavy (non-hydrogen) atoms. The van der Waals surface area contributed by atoms with Crippen LogP contribution in [0, 0.1) is 6.92 Å². The molecule has 1 unspecified atom stereocenters. The van der Waals surface area contributed by atoms with Crippen LogP contribution in [0.15, 0.2) is 10.5 Å². The van der Waals surface area contributed by atoms with Crippen molar-refractivity contribution in [3.05, 3.63) is 23.2 Å². The summed E-state index contributed by atoms with van der Waals surface area (Å²) in [7, 11) is 0. The molecule has 0 bridgehead atoms. The maximum Gasteiger partial charge on any atom is 0.118 e. The smallest absolute Gasteiger partial charge is 0.118 e. The Morgan fingerprint density at radius 1 is 1.35 bits per heavy atom. The minimum Gasteiger partial charge on any atom is -0.465 e. The number of furan rings is 1. The topological polar surface area (TPSA) is 28.4 Å². The third-order valence-electron chi connectivity index (χ3n) is 4.32.